The molecule has 4 heteroatoms. The lowest BCUT2D eigenvalue weighted by Gasteiger charge is -2.25. The monoisotopic (exact) mass is 223 g/mol. The highest BCUT2D eigenvalue weighted by molar-refractivity contribution is 5.91. The second-order valence-corrected chi connectivity index (χ2v) is 4.23. The van der Waals surface area contributed by atoms with Crippen molar-refractivity contribution in [3.63, 3.8) is 0 Å². The molecule has 0 unspecified atom stereocenters. The zero-order valence-corrected chi connectivity index (χ0v) is 9.82. The van der Waals surface area contributed by atoms with Crippen LogP contribution in [0.2, 0.25) is 0 Å². The predicted octanol–water partition coefficient (Wildman–Crippen LogP) is 1.64. The van der Waals surface area contributed by atoms with Crippen LogP contribution in [0.5, 0.6) is 0 Å². The third-order valence-electron chi connectivity index (χ3n) is 2.51. The summed E-state index contributed by atoms with van der Waals surface area (Å²) in [6.07, 6.45) is 0. The van der Waals surface area contributed by atoms with Crippen molar-refractivity contribution in [3.8, 4) is 0 Å². The van der Waals surface area contributed by atoms with E-state index in [4.69, 9.17) is 10.6 Å². The molecule has 1 aromatic carbocycles. The van der Waals surface area contributed by atoms with Gasteiger partial charge in [-0.25, -0.2) is 10.7 Å². The number of nitrogens with two attached hydrogens (primary N) is 1. The Morgan fingerprint density at radius 3 is 2.56 bits per heavy atom. The molecule has 0 saturated heterocycles. The van der Waals surface area contributed by atoms with Crippen LogP contribution in [0.15, 0.2) is 24.3 Å². The number of hydrogen-bond acceptors (Lipinski definition) is 4. The highest BCUT2D eigenvalue weighted by atomic mass is 16.6. The summed E-state index contributed by atoms with van der Waals surface area (Å²) in [5.74, 6) is 4.75. The molecule has 88 valence electrons. The van der Waals surface area contributed by atoms with Crippen LogP contribution in [0.25, 0.3) is 0 Å². The fourth-order valence-electron chi connectivity index (χ4n) is 1.65. The fourth-order valence-corrected chi connectivity index (χ4v) is 1.65. The van der Waals surface area contributed by atoms with Crippen LogP contribution in [0.3, 0.4) is 0 Å². The van der Waals surface area contributed by atoms with Gasteiger partial charge in [-0.15, -0.1) is 0 Å². The molecule has 0 aliphatic carbocycles. The minimum absolute atomic E-state index is 0.334. The number of carbonyl (C=O) groups is 1. The number of rotatable bonds is 4. The zero-order valence-electron chi connectivity index (χ0n) is 9.82. The third kappa shape index (κ3) is 2.59. The van der Waals surface area contributed by atoms with E-state index >= 15 is 0 Å². The van der Waals surface area contributed by atoms with Gasteiger partial charge in [0.1, 0.15) is 0 Å². The van der Waals surface area contributed by atoms with Gasteiger partial charge in [0.05, 0.1) is 19.3 Å². The quantitative estimate of drug-likeness (QED) is 0.622. The summed E-state index contributed by atoms with van der Waals surface area (Å²) in [5, 5.41) is 0. The fraction of sp³-hybridized carbons (Fsp3) is 0.417. The number of benzene rings is 1. The molecule has 0 bridgehead atoms. The van der Waals surface area contributed by atoms with Crippen molar-refractivity contribution >= 4 is 5.97 Å². The molecule has 0 spiro atoms. The minimum Gasteiger partial charge on any atom is -0.465 e. The van der Waals surface area contributed by atoms with E-state index < -0.39 is 0 Å². The maximum Gasteiger partial charge on any atom is 0.338 e. The van der Waals surface area contributed by atoms with Crippen molar-refractivity contribution in [1.29, 1.82) is 0 Å². The van der Waals surface area contributed by atoms with Crippen molar-refractivity contribution in [1.82, 2.24) is 0 Å². The SMILES string of the molecule is COC(=O)c1ccccc1C(C)(C)CON. The molecule has 0 aliphatic heterocycles. The molecule has 2 N–H and O–H groups in total. The molecule has 1 aromatic rings. The smallest absolute Gasteiger partial charge is 0.338 e. The number of carbonyl (C=O) groups excluding carboxylic acids is 1. The van der Waals surface area contributed by atoms with Crippen LogP contribution in [-0.2, 0) is 15.0 Å². The third-order valence-corrected chi connectivity index (χ3v) is 2.51. The molecule has 0 amide bonds. The first-order valence-corrected chi connectivity index (χ1v) is 5.02. The van der Waals surface area contributed by atoms with Crippen molar-refractivity contribution in [2.45, 2.75) is 19.3 Å². The lowest BCUT2D eigenvalue weighted by molar-refractivity contribution is 0.0591. The van der Waals surface area contributed by atoms with Crippen molar-refractivity contribution < 1.29 is 14.4 Å². The lowest BCUT2D eigenvalue weighted by Crippen LogP contribution is -2.28. The molecule has 0 fully saturated rings. The molecule has 0 atom stereocenters. The van der Waals surface area contributed by atoms with E-state index in [2.05, 4.69) is 4.84 Å². The van der Waals surface area contributed by atoms with Gasteiger partial charge in [-0.3, -0.25) is 0 Å². The Morgan fingerprint density at radius 1 is 1.38 bits per heavy atom. The number of hydrogen-bond donors (Lipinski definition) is 1. The molecule has 0 radical (unpaired) electrons. The van der Waals surface area contributed by atoms with Gasteiger partial charge in [-0.2, -0.15) is 0 Å². The van der Waals surface area contributed by atoms with Gasteiger partial charge in [-0.05, 0) is 11.6 Å². The summed E-state index contributed by atoms with van der Waals surface area (Å²) in [6.45, 7) is 4.25. The Morgan fingerprint density at radius 2 is 2.00 bits per heavy atom. The lowest BCUT2D eigenvalue weighted by atomic mass is 9.82. The van der Waals surface area contributed by atoms with E-state index in [1.165, 1.54) is 7.11 Å². The summed E-state index contributed by atoms with van der Waals surface area (Å²) < 4.78 is 4.74. The van der Waals surface area contributed by atoms with Gasteiger partial charge in [0, 0.05) is 5.41 Å². The first kappa shape index (κ1) is 12.7. The second-order valence-electron chi connectivity index (χ2n) is 4.23. The molecule has 0 saturated carbocycles. The molecule has 0 aliphatic rings. The van der Waals surface area contributed by atoms with Gasteiger partial charge in [0.15, 0.2) is 0 Å². The minimum atomic E-state index is -0.347. The van der Waals surface area contributed by atoms with E-state index in [1.54, 1.807) is 12.1 Å². The highest BCUT2D eigenvalue weighted by Gasteiger charge is 2.26. The average molecular weight is 223 g/mol. The normalized spacial score (nSPS) is 11.2. The van der Waals surface area contributed by atoms with Crippen LogP contribution in [0, 0.1) is 0 Å². The summed E-state index contributed by atoms with van der Waals surface area (Å²) in [4.78, 5) is 16.3. The largest absolute Gasteiger partial charge is 0.465 e. The van der Waals surface area contributed by atoms with Gasteiger partial charge < -0.3 is 9.57 Å². The van der Waals surface area contributed by atoms with Gasteiger partial charge in [0.25, 0.3) is 0 Å². The topological polar surface area (TPSA) is 61.5 Å². The number of ether oxygens (including phenoxy) is 1. The molecule has 4 nitrogen and oxygen atoms in total. The molecular weight excluding hydrogens is 206 g/mol. The molecule has 1 rings (SSSR count). The first-order valence-electron chi connectivity index (χ1n) is 5.02. The summed E-state index contributed by atoms with van der Waals surface area (Å²) in [6, 6.07) is 7.29. The van der Waals surface area contributed by atoms with Crippen LogP contribution < -0.4 is 5.90 Å². The second kappa shape index (κ2) is 5.09. The van der Waals surface area contributed by atoms with Gasteiger partial charge in [0.2, 0.25) is 0 Å². The Labute approximate surface area is 95.3 Å². The number of methoxy groups -OCH3 is 1. The highest BCUT2D eigenvalue weighted by Crippen LogP contribution is 2.26. The first-order chi connectivity index (χ1) is 7.53. The Kier molecular flexibility index (Phi) is 4.04. The predicted molar refractivity (Wildman–Crippen MR) is 60.9 cm³/mol. The Hall–Kier alpha value is -1.39. The standard InChI is InChI=1S/C12H17NO3/c1-12(2,8-16-13)10-7-5-4-6-9(10)11(14)15-3/h4-7H,8,13H2,1-3H3. The summed E-state index contributed by atoms with van der Waals surface area (Å²) in [5.41, 5.74) is 1.08. The van der Waals surface area contributed by atoms with E-state index in [-0.39, 0.29) is 11.4 Å². The van der Waals surface area contributed by atoms with Crippen LogP contribution in [0.1, 0.15) is 29.8 Å². The molecular formula is C12H17NO3. The maximum absolute atomic E-state index is 11.6. The van der Waals surface area contributed by atoms with E-state index in [1.807, 2.05) is 26.0 Å². The van der Waals surface area contributed by atoms with Crippen LogP contribution >= 0.6 is 0 Å². The Balaban J connectivity index is 3.17. The molecule has 16 heavy (non-hydrogen) atoms. The Bertz CT molecular complexity index is 374. The van der Waals surface area contributed by atoms with E-state index in [0.29, 0.717) is 12.2 Å². The van der Waals surface area contributed by atoms with Crippen molar-refractivity contribution in [2.24, 2.45) is 5.90 Å². The molecule has 0 aromatic heterocycles. The van der Waals surface area contributed by atoms with E-state index in [0.717, 1.165) is 5.56 Å². The van der Waals surface area contributed by atoms with Gasteiger partial charge >= 0.3 is 5.97 Å². The van der Waals surface area contributed by atoms with Crippen molar-refractivity contribution in [2.75, 3.05) is 13.7 Å². The molecule has 0 heterocycles. The van der Waals surface area contributed by atoms with Crippen LogP contribution in [0.4, 0.5) is 0 Å². The van der Waals surface area contributed by atoms with Crippen molar-refractivity contribution in [3.05, 3.63) is 35.4 Å². The summed E-state index contributed by atoms with van der Waals surface area (Å²) in [7, 11) is 1.37. The van der Waals surface area contributed by atoms with Crippen LogP contribution in [-0.4, -0.2) is 19.7 Å². The maximum atomic E-state index is 11.6. The zero-order chi connectivity index (χ0) is 12.2. The van der Waals surface area contributed by atoms with Gasteiger partial charge in [-0.1, -0.05) is 32.0 Å². The average Bonchev–Trinajstić information content (AvgIpc) is 2.28. The van der Waals surface area contributed by atoms with E-state index in [9.17, 15) is 4.79 Å². The summed E-state index contributed by atoms with van der Waals surface area (Å²) >= 11 is 0. The number of esters is 1.